The molecule has 2 aliphatic rings. The van der Waals surface area contributed by atoms with E-state index in [9.17, 15) is 14.7 Å². The standard InChI is InChI=1S/C29H29N3O5/c1-4-6-18-7-5-8-19(13-18)27-26-21(14-22(30-27)29(35)31(2)3)16-32(23(26)11-12-33)28(34)20-9-10-24-25(15-20)37-17-36-24/h4-10,13-15,23,33H,11-12,16-17H2,1-3H3/b6-4+/t23-/m1/s1. The van der Waals surface area contributed by atoms with Crippen LogP contribution in [-0.2, 0) is 6.54 Å². The lowest BCUT2D eigenvalue weighted by molar-refractivity contribution is 0.0664. The molecule has 0 spiro atoms. The molecule has 3 aromatic rings. The van der Waals surface area contributed by atoms with Gasteiger partial charge in [0.05, 0.1) is 11.7 Å². The van der Waals surface area contributed by atoms with Crippen LogP contribution in [0.3, 0.4) is 0 Å². The van der Waals surface area contributed by atoms with Crippen LogP contribution < -0.4 is 9.47 Å². The van der Waals surface area contributed by atoms with Crippen LogP contribution in [0.4, 0.5) is 0 Å². The number of aliphatic hydroxyl groups is 1. The largest absolute Gasteiger partial charge is 0.454 e. The first-order valence-electron chi connectivity index (χ1n) is 12.2. The van der Waals surface area contributed by atoms with Crippen LogP contribution in [-0.4, -0.2) is 59.2 Å². The highest BCUT2D eigenvalue weighted by molar-refractivity contribution is 5.97. The van der Waals surface area contributed by atoms with Gasteiger partial charge < -0.3 is 24.4 Å². The highest BCUT2D eigenvalue weighted by Gasteiger charge is 2.38. The van der Waals surface area contributed by atoms with Crippen LogP contribution in [0, 0.1) is 0 Å². The molecule has 0 unspecified atom stereocenters. The van der Waals surface area contributed by atoms with E-state index in [4.69, 9.17) is 14.5 Å². The lowest BCUT2D eigenvalue weighted by Gasteiger charge is -2.26. The number of carbonyl (C=O) groups excluding carboxylic acids is 2. The number of pyridine rings is 1. The Bertz CT molecular complexity index is 1400. The van der Waals surface area contributed by atoms with Gasteiger partial charge in [-0.25, -0.2) is 4.98 Å². The van der Waals surface area contributed by atoms with Gasteiger partial charge in [-0.2, -0.15) is 0 Å². The molecule has 8 nitrogen and oxygen atoms in total. The summed E-state index contributed by atoms with van der Waals surface area (Å²) in [5.41, 5.74) is 4.98. The Morgan fingerprint density at radius 1 is 1.14 bits per heavy atom. The van der Waals surface area contributed by atoms with Crippen LogP contribution >= 0.6 is 0 Å². The number of amides is 2. The Hall–Kier alpha value is -4.17. The first-order chi connectivity index (χ1) is 17.9. The van der Waals surface area contributed by atoms with Crippen molar-refractivity contribution in [2.24, 2.45) is 0 Å². The van der Waals surface area contributed by atoms with Gasteiger partial charge in [-0.1, -0.05) is 30.4 Å². The summed E-state index contributed by atoms with van der Waals surface area (Å²) in [6.07, 6.45) is 4.30. The molecule has 2 amide bonds. The average molecular weight is 500 g/mol. The Kier molecular flexibility index (Phi) is 6.67. The van der Waals surface area contributed by atoms with Crippen molar-refractivity contribution in [2.45, 2.75) is 25.9 Å². The predicted molar refractivity (Wildman–Crippen MR) is 139 cm³/mol. The van der Waals surface area contributed by atoms with Crippen LogP contribution in [0.5, 0.6) is 11.5 Å². The third-order valence-corrected chi connectivity index (χ3v) is 6.62. The number of aromatic nitrogens is 1. The van der Waals surface area contributed by atoms with Crippen LogP contribution in [0.25, 0.3) is 17.3 Å². The lowest BCUT2D eigenvalue weighted by atomic mass is 9.94. The SMILES string of the molecule is C/C=C/c1cccc(-c2nc(C(=O)N(C)C)cc3c2[C@@H](CCO)N(C(=O)c2ccc4c(c2)OCO4)C3)c1. The number of rotatable bonds is 6. The van der Waals surface area contributed by atoms with Crippen molar-refractivity contribution in [2.75, 3.05) is 27.5 Å². The molecule has 2 aliphatic heterocycles. The summed E-state index contributed by atoms with van der Waals surface area (Å²) in [7, 11) is 3.38. The molecule has 0 fully saturated rings. The summed E-state index contributed by atoms with van der Waals surface area (Å²) >= 11 is 0. The van der Waals surface area contributed by atoms with E-state index >= 15 is 0 Å². The Morgan fingerprint density at radius 2 is 1.95 bits per heavy atom. The Morgan fingerprint density at radius 3 is 2.70 bits per heavy atom. The minimum absolute atomic E-state index is 0.106. The first kappa shape index (κ1) is 24.5. The van der Waals surface area contributed by atoms with Gasteiger partial charge in [0.1, 0.15) is 5.69 Å². The molecule has 0 radical (unpaired) electrons. The van der Waals surface area contributed by atoms with Gasteiger partial charge in [0, 0.05) is 43.9 Å². The molecule has 37 heavy (non-hydrogen) atoms. The monoisotopic (exact) mass is 499 g/mol. The predicted octanol–water partition coefficient (Wildman–Crippen LogP) is 4.29. The molecule has 1 aromatic heterocycles. The maximum absolute atomic E-state index is 13.8. The van der Waals surface area contributed by atoms with E-state index in [1.165, 1.54) is 4.90 Å². The third-order valence-electron chi connectivity index (χ3n) is 6.62. The Labute approximate surface area is 215 Å². The molecule has 1 atom stereocenters. The van der Waals surface area contributed by atoms with Crippen LogP contribution in [0.1, 0.15) is 56.9 Å². The van der Waals surface area contributed by atoms with E-state index in [0.29, 0.717) is 41.4 Å². The summed E-state index contributed by atoms with van der Waals surface area (Å²) in [6, 6.07) is 14.4. The van der Waals surface area contributed by atoms with Crippen molar-refractivity contribution in [3.63, 3.8) is 0 Å². The number of hydrogen-bond donors (Lipinski definition) is 1. The Balaban J connectivity index is 1.63. The summed E-state index contributed by atoms with van der Waals surface area (Å²) in [5, 5.41) is 9.98. The minimum Gasteiger partial charge on any atom is -0.454 e. The number of nitrogens with zero attached hydrogens (tertiary/aromatic N) is 3. The van der Waals surface area contributed by atoms with E-state index in [1.54, 1.807) is 43.3 Å². The highest BCUT2D eigenvalue weighted by atomic mass is 16.7. The second-order valence-corrected chi connectivity index (χ2v) is 9.28. The second-order valence-electron chi connectivity index (χ2n) is 9.28. The van der Waals surface area contributed by atoms with Crippen molar-refractivity contribution >= 4 is 17.9 Å². The summed E-state index contributed by atoms with van der Waals surface area (Å²) in [5.74, 6) is 0.728. The number of allylic oxidation sites excluding steroid dienone is 1. The zero-order chi connectivity index (χ0) is 26.1. The van der Waals surface area contributed by atoms with Gasteiger partial charge in [0.25, 0.3) is 11.8 Å². The van der Waals surface area contributed by atoms with Gasteiger partial charge in [-0.3, -0.25) is 9.59 Å². The van der Waals surface area contributed by atoms with E-state index in [-0.39, 0.29) is 25.2 Å². The topological polar surface area (TPSA) is 92.2 Å². The average Bonchev–Trinajstić information content (AvgIpc) is 3.52. The van der Waals surface area contributed by atoms with E-state index in [0.717, 1.165) is 22.3 Å². The smallest absolute Gasteiger partial charge is 0.271 e. The lowest BCUT2D eigenvalue weighted by Crippen LogP contribution is -2.30. The van der Waals surface area contributed by atoms with Crippen LogP contribution in [0.2, 0.25) is 0 Å². The normalized spacial score (nSPS) is 15.8. The zero-order valence-corrected chi connectivity index (χ0v) is 21.1. The van der Waals surface area contributed by atoms with E-state index < -0.39 is 6.04 Å². The molecular formula is C29H29N3O5. The second kappa shape index (κ2) is 10.1. The highest BCUT2D eigenvalue weighted by Crippen LogP contribution is 2.43. The number of ether oxygens (including phenoxy) is 2. The van der Waals surface area contributed by atoms with Crippen molar-refractivity contribution in [1.29, 1.82) is 0 Å². The van der Waals surface area contributed by atoms with Crippen molar-refractivity contribution in [1.82, 2.24) is 14.8 Å². The summed E-state index contributed by atoms with van der Waals surface area (Å²) < 4.78 is 10.9. The van der Waals surface area contributed by atoms with Crippen molar-refractivity contribution in [3.8, 4) is 22.8 Å². The number of hydrogen-bond acceptors (Lipinski definition) is 6. The van der Waals surface area contributed by atoms with E-state index in [2.05, 4.69) is 0 Å². The van der Waals surface area contributed by atoms with Gasteiger partial charge in [-0.05, 0) is 54.8 Å². The molecule has 190 valence electrons. The van der Waals surface area contributed by atoms with E-state index in [1.807, 2.05) is 43.3 Å². The minimum atomic E-state index is -0.408. The quantitative estimate of drug-likeness (QED) is 0.544. The fourth-order valence-corrected chi connectivity index (χ4v) is 4.93. The molecule has 2 aromatic carbocycles. The van der Waals surface area contributed by atoms with Crippen LogP contribution in [0.15, 0.2) is 54.6 Å². The fraction of sp³-hybridized carbons (Fsp3) is 0.276. The molecule has 8 heteroatoms. The number of aliphatic hydroxyl groups excluding tert-OH is 1. The first-order valence-corrected chi connectivity index (χ1v) is 12.2. The number of carbonyl (C=O) groups is 2. The summed E-state index contributed by atoms with van der Waals surface area (Å²) in [4.78, 5) is 34.8. The van der Waals surface area contributed by atoms with Crippen molar-refractivity contribution in [3.05, 3.63) is 82.6 Å². The molecule has 0 aliphatic carbocycles. The third kappa shape index (κ3) is 4.56. The maximum atomic E-state index is 13.8. The van der Waals surface area contributed by atoms with Gasteiger partial charge >= 0.3 is 0 Å². The van der Waals surface area contributed by atoms with Gasteiger partial charge in [0.15, 0.2) is 11.5 Å². The number of benzene rings is 2. The fourth-order valence-electron chi connectivity index (χ4n) is 4.93. The van der Waals surface area contributed by atoms with Gasteiger partial charge in [0.2, 0.25) is 6.79 Å². The molecule has 3 heterocycles. The van der Waals surface area contributed by atoms with Crippen molar-refractivity contribution < 1.29 is 24.2 Å². The molecule has 0 bridgehead atoms. The maximum Gasteiger partial charge on any atom is 0.271 e. The molecular weight excluding hydrogens is 470 g/mol. The molecule has 0 saturated carbocycles. The molecule has 1 N–H and O–H groups in total. The zero-order valence-electron chi connectivity index (χ0n) is 21.1. The summed E-state index contributed by atoms with van der Waals surface area (Å²) in [6.45, 7) is 2.27. The number of fused-ring (bicyclic) bond motifs is 2. The van der Waals surface area contributed by atoms with Gasteiger partial charge in [-0.15, -0.1) is 0 Å². The molecule has 5 rings (SSSR count). The molecule has 0 saturated heterocycles.